The van der Waals surface area contributed by atoms with Crippen LogP contribution >= 0.6 is 0 Å². The van der Waals surface area contributed by atoms with Gasteiger partial charge in [0.25, 0.3) is 0 Å². The number of fused-ring (bicyclic) bond motifs is 1. The smallest absolute Gasteiger partial charge is 0.337 e. The molecule has 0 aliphatic carbocycles. The van der Waals surface area contributed by atoms with Crippen LogP contribution in [0.5, 0.6) is 11.5 Å². The van der Waals surface area contributed by atoms with E-state index >= 15 is 0 Å². The molecule has 1 aliphatic rings. The number of carboxylic acid groups (broad SMARTS) is 1. The first-order valence-electron chi connectivity index (χ1n) is 7.38. The number of hydrogen-bond donors (Lipinski definition) is 1. The first kappa shape index (κ1) is 15.9. The second kappa shape index (κ2) is 6.62. The van der Waals surface area contributed by atoms with Crippen molar-refractivity contribution in [3.05, 3.63) is 59.2 Å². The molecule has 0 fully saturated rings. The van der Waals surface area contributed by atoms with Gasteiger partial charge in [-0.1, -0.05) is 18.2 Å². The Hall–Kier alpha value is -3.02. The van der Waals surface area contributed by atoms with Crippen molar-refractivity contribution in [1.29, 1.82) is 0 Å². The molecule has 2 aromatic carbocycles. The number of esters is 1. The maximum atomic E-state index is 11.7. The zero-order valence-corrected chi connectivity index (χ0v) is 13.0. The number of hydrogen-bond acceptors (Lipinski definition) is 5. The van der Waals surface area contributed by atoms with Crippen molar-refractivity contribution in [3.8, 4) is 11.5 Å². The van der Waals surface area contributed by atoms with E-state index in [1.165, 1.54) is 7.11 Å². The second-order valence-corrected chi connectivity index (χ2v) is 5.40. The monoisotopic (exact) mass is 328 g/mol. The van der Waals surface area contributed by atoms with E-state index in [9.17, 15) is 14.7 Å². The molecule has 3 rings (SSSR count). The lowest BCUT2D eigenvalue weighted by Gasteiger charge is -2.14. The number of carboxylic acids is 1. The van der Waals surface area contributed by atoms with Gasteiger partial charge in [-0.05, 0) is 41.8 Å². The fraction of sp³-hybridized carbons (Fsp3) is 0.222. The summed E-state index contributed by atoms with van der Waals surface area (Å²) in [5.41, 5.74) is 1.88. The summed E-state index contributed by atoms with van der Waals surface area (Å²) >= 11 is 0. The molecule has 124 valence electrons. The van der Waals surface area contributed by atoms with Crippen molar-refractivity contribution in [2.75, 3.05) is 13.9 Å². The normalized spacial score (nSPS) is 13.4. The van der Waals surface area contributed by atoms with Crippen LogP contribution in [0.2, 0.25) is 0 Å². The molecule has 1 aliphatic heterocycles. The Bertz CT molecular complexity index is 766. The highest BCUT2D eigenvalue weighted by Gasteiger charge is 2.23. The summed E-state index contributed by atoms with van der Waals surface area (Å²) in [5.74, 6) is -0.897. The van der Waals surface area contributed by atoms with Gasteiger partial charge >= 0.3 is 11.9 Å². The van der Waals surface area contributed by atoms with Crippen LogP contribution in [-0.2, 0) is 16.0 Å². The van der Waals surface area contributed by atoms with E-state index in [-0.39, 0.29) is 6.79 Å². The molecule has 0 radical (unpaired) electrons. The highest BCUT2D eigenvalue weighted by atomic mass is 16.7. The lowest BCUT2D eigenvalue weighted by molar-refractivity contribution is -0.138. The fourth-order valence-corrected chi connectivity index (χ4v) is 2.61. The molecule has 0 amide bonds. The molecule has 1 unspecified atom stereocenters. The summed E-state index contributed by atoms with van der Waals surface area (Å²) in [6, 6.07) is 11.9. The van der Waals surface area contributed by atoms with Crippen molar-refractivity contribution < 1.29 is 28.9 Å². The zero-order chi connectivity index (χ0) is 17.1. The van der Waals surface area contributed by atoms with Gasteiger partial charge in [-0.15, -0.1) is 0 Å². The Balaban J connectivity index is 1.82. The van der Waals surface area contributed by atoms with Crippen LogP contribution in [0, 0.1) is 0 Å². The topological polar surface area (TPSA) is 82.1 Å². The molecule has 0 aromatic heterocycles. The summed E-state index contributed by atoms with van der Waals surface area (Å²) in [6.45, 7) is 0.144. The van der Waals surface area contributed by atoms with Gasteiger partial charge in [0, 0.05) is 0 Å². The van der Waals surface area contributed by atoms with Crippen LogP contribution in [-0.4, -0.2) is 30.9 Å². The SMILES string of the molecule is COC(=O)c1ccc(CC(C(=O)O)c2ccc3c(c2)OCO3)cc1. The number of aliphatic carboxylic acids is 1. The molecule has 6 heteroatoms. The Kier molecular flexibility index (Phi) is 4.37. The van der Waals surface area contributed by atoms with Gasteiger partial charge in [-0.2, -0.15) is 0 Å². The molecule has 6 nitrogen and oxygen atoms in total. The average molecular weight is 328 g/mol. The molecule has 0 bridgehead atoms. The quantitative estimate of drug-likeness (QED) is 0.850. The van der Waals surface area contributed by atoms with E-state index in [2.05, 4.69) is 4.74 Å². The van der Waals surface area contributed by atoms with Crippen LogP contribution in [0.3, 0.4) is 0 Å². The molecular formula is C18H16O6. The molecule has 1 atom stereocenters. The predicted molar refractivity (Wildman–Crippen MR) is 84.4 cm³/mol. The summed E-state index contributed by atoms with van der Waals surface area (Å²) < 4.78 is 15.2. The Morgan fingerprint density at radius 1 is 1.12 bits per heavy atom. The second-order valence-electron chi connectivity index (χ2n) is 5.40. The third-order valence-electron chi connectivity index (χ3n) is 3.91. The lowest BCUT2D eigenvalue weighted by Crippen LogP contribution is -2.14. The molecule has 24 heavy (non-hydrogen) atoms. The van der Waals surface area contributed by atoms with Crippen molar-refractivity contribution in [3.63, 3.8) is 0 Å². The van der Waals surface area contributed by atoms with Crippen molar-refractivity contribution >= 4 is 11.9 Å². The van der Waals surface area contributed by atoms with Gasteiger partial charge in [0.1, 0.15) is 0 Å². The minimum absolute atomic E-state index is 0.144. The molecule has 0 saturated heterocycles. The first-order chi connectivity index (χ1) is 11.6. The van der Waals surface area contributed by atoms with Crippen molar-refractivity contribution in [2.45, 2.75) is 12.3 Å². The van der Waals surface area contributed by atoms with Gasteiger partial charge in [0.2, 0.25) is 6.79 Å². The van der Waals surface area contributed by atoms with Crippen LogP contribution < -0.4 is 9.47 Å². The van der Waals surface area contributed by atoms with Crippen LogP contribution in [0.4, 0.5) is 0 Å². The summed E-state index contributed by atoms with van der Waals surface area (Å²) in [7, 11) is 1.32. The summed E-state index contributed by atoms with van der Waals surface area (Å²) in [5, 5.41) is 9.57. The van der Waals surface area contributed by atoms with Crippen molar-refractivity contribution in [2.24, 2.45) is 0 Å². The van der Waals surface area contributed by atoms with Gasteiger partial charge in [0.15, 0.2) is 11.5 Å². The van der Waals surface area contributed by atoms with E-state index in [1.54, 1.807) is 42.5 Å². The maximum absolute atomic E-state index is 11.7. The largest absolute Gasteiger partial charge is 0.481 e. The first-order valence-corrected chi connectivity index (χ1v) is 7.38. The number of benzene rings is 2. The van der Waals surface area contributed by atoms with Crippen molar-refractivity contribution in [1.82, 2.24) is 0 Å². The molecule has 2 aromatic rings. The van der Waals surface area contributed by atoms with Gasteiger partial charge in [-0.25, -0.2) is 4.79 Å². The van der Waals surface area contributed by atoms with Crippen LogP contribution in [0.15, 0.2) is 42.5 Å². The third-order valence-corrected chi connectivity index (χ3v) is 3.91. The van der Waals surface area contributed by atoms with E-state index in [4.69, 9.17) is 9.47 Å². The molecule has 0 spiro atoms. The Morgan fingerprint density at radius 3 is 2.50 bits per heavy atom. The minimum Gasteiger partial charge on any atom is -0.481 e. The van der Waals surface area contributed by atoms with E-state index in [1.807, 2.05) is 0 Å². The lowest BCUT2D eigenvalue weighted by atomic mass is 9.91. The zero-order valence-electron chi connectivity index (χ0n) is 13.0. The van der Waals surface area contributed by atoms with Gasteiger partial charge < -0.3 is 19.3 Å². The minimum atomic E-state index is -0.925. The van der Waals surface area contributed by atoms with E-state index in [0.717, 1.165) is 5.56 Å². The Labute approximate surface area is 138 Å². The third kappa shape index (κ3) is 3.17. The number of rotatable bonds is 5. The number of ether oxygens (including phenoxy) is 3. The van der Waals surface area contributed by atoms with Crippen LogP contribution in [0.25, 0.3) is 0 Å². The van der Waals surface area contributed by atoms with E-state index in [0.29, 0.717) is 29.0 Å². The predicted octanol–water partition coefficient (Wildman–Crippen LogP) is 2.61. The molecular weight excluding hydrogens is 312 g/mol. The summed E-state index contributed by atoms with van der Waals surface area (Å²) in [6.07, 6.45) is 0.302. The highest BCUT2D eigenvalue weighted by Crippen LogP contribution is 2.35. The van der Waals surface area contributed by atoms with Gasteiger partial charge in [0.05, 0.1) is 18.6 Å². The fourth-order valence-electron chi connectivity index (χ4n) is 2.61. The summed E-state index contributed by atoms with van der Waals surface area (Å²) in [4.78, 5) is 23.1. The molecule has 0 saturated carbocycles. The molecule has 1 N–H and O–H groups in total. The molecule has 1 heterocycles. The van der Waals surface area contributed by atoms with Crippen LogP contribution in [0.1, 0.15) is 27.4 Å². The number of methoxy groups -OCH3 is 1. The number of carbonyl (C=O) groups excluding carboxylic acids is 1. The average Bonchev–Trinajstić information content (AvgIpc) is 3.06. The highest BCUT2D eigenvalue weighted by molar-refractivity contribution is 5.89. The number of carbonyl (C=O) groups is 2. The van der Waals surface area contributed by atoms with Gasteiger partial charge in [-0.3, -0.25) is 4.79 Å². The standard InChI is InChI=1S/C18H16O6/c1-22-18(21)12-4-2-11(3-5-12)8-14(17(19)20)13-6-7-15-16(9-13)24-10-23-15/h2-7,9,14H,8,10H2,1H3,(H,19,20). The maximum Gasteiger partial charge on any atom is 0.337 e. The Morgan fingerprint density at radius 2 is 1.83 bits per heavy atom. The van der Waals surface area contributed by atoms with E-state index < -0.39 is 17.9 Å².